The second kappa shape index (κ2) is 9.07. The molecule has 1 aromatic heterocycles. The molecule has 2 heterocycles. The number of carbonyl (C=O) groups is 1. The molecule has 3 rings (SSSR count). The van der Waals surface area contributed by atoms with Crippen molar-refractivity contribution in [3.05, 3.63) is 35.6 Å². The SMILES string of the molecule is COc1ccc(OC)c(CN2CCN(C(C)C(=O)Nc3cc(C)on3)CC2)c1. The lowest BCUT2D eigenvalue weighted by atomic mass is 10.1. The van der Waals surface area contributed by atoms with Crippen LogP contribution in [-0.2, 0) is 11.3 Å². The average molecular weight is 388 g/mol. The van der Waals surface area contributed by atoms with Gasteiger partial charge in [0, 0.05) is 44.4 Å². The van der Waals surface area contributed by atoms with Gasteiger partial charge in [-0.2, -0.15) is 0 Å². The van der Waals surface area contributed by atoms with Crippen molar-refractivity contribution in [2.75, 3.05) is 45.7 Å². The molecule has 0 aliphatic carbocycles. The second-order valence-corrected chi connectivity index (χ2v) is 6.98. The average Bonchev–Trinajstić information content (AvgIpc) is 3.12. The van der Waals surface area contributed by atoms with E-state index in [1.807, 2.05) is 25.1 Å². The summed E-state index contributed by atoms with van der Waals surface area (Å²) < 4.78 is 15.8. The Morgan fingerprint density at radius 3 is 2.57 bits per heavy atom. The van der Waals surface area contributed by atoms with Crippen LogP contribution >= 0.6 is 0 Å². The third-order valence-corrected chi connectivity index (χ3v) is 5.09. The fourth-order valence-electron chi connectivity index (χ4n) is 3.38. The standard InChI is InChI=1S/C20H28N4O4/c1-14-11-19(22-28-14)21-20(25)15(2)24-9-7-23(8-10-24)13-16-12-17(26-3)5-6-18(16)27-4/h5-6,11-12,15H,7-10,13H2,1-4H3,(H,21,22,25). The lowest BCUT2D eigenvalue weighted by molar-refractivity contribution is -0.121. The quantitative estimate of drug-likeness (QED) is 0.778. The number of nitrogens with zero attached hydrogens (tertiary/aromatic N) is 3. The van der Waals surface area contributed by atoms with Crippen molar-refractivity contribution in [3.63, 3.8) is 0 Å². The van der Waals surface area contributed by atoms with Gasteiger partial charge in [0.1, 0.15) is 17.3 Å². The molecule has 0 spiro atoms. The van der Waals surface area contributed by atoms with Crippen molar-refractivity contribution in [3.8, 4) is 11.5 Å². The molecule has 152 valence electrons. The molecule has 1 atom stereocenters. The molecule has 0 saturated carbocycles. The molecule has 8 nitrogen and oxygen atoms in total. The Morgan fingerprint density at radius 1 is 1.21 bits per heavy atom. The fourth-order valence-corrected chi connectivity index (χ4v) is 3.38. The van der Waals surface area contributed by atoms with Crippen molar-refractivity contribution in [1.82, 2.24) is 15.0 Å². The van der Waals surface area contributed by atoms with Gasteiger partial charge in [-0.1, -0.05) is 5.16 Å². The number of amides is 1. The number of hydrogen-bond acceptors (Lipinski definition) is 7. The number of hydrogen-bond donors (Lipinski definition) is 1. The van der Waals surface area contributed by atoms with Crippen LogP contribution in [0.1, 0.15) is 18.2 Å². The van der Waals surface area contributed by atoms with Crippen LogP contribution in [0.25, 0.3) is 0 Å². The van der Waals surface area contributed by atoms with Crippen LogP contribution in [0.4, 0.5) is 5.82 Å². The second-order valence-electron chi connectivity index (χ2n) is 6.98. The molecule has 0 radical (unpaired) electrons. The van der Waals surface area contributed by atoms with Gasteiger partial charge >= 0.3 is 0 Å². The summed E-state index contributed by atoms with van der Waals surface area (Å²) in [5, 5.41) is 6.63. The maximum absolute atomic E-state index is 12.5. The predicted octanol–water partition coefficient (Wildman–Crippen LogP) is 2.15. The van der Waals surface area contributed by atoms with Gasteiger partial charge in [0.25, 0.3) is 0 Å². The summed E-state index contributed by atoms with van der Waals surface area (Å²) in [6, 6.07) is 7.33. The van der Waals surface area contributed by atoms with E-state index in [9.17, 15) is 4.79 Å². The van der Waals surface area contributed by atoms with E-state index >= 15 is 0 Å². The molecular weight excluding hydrogens is 360 g/mol. The summed E-state index contributed by atoms with van der Waals surface area (Å²) in [6.45, 7) is 7.89. The number of aryl methyl sites for hydroxylation is 1. The molecule has 8 heteroatoms. The van der Waals surface area contributed by atoms with Crippen molar-refractivity contribution >= 4 is 11.7 Å². The highest BCUT2D eigenvalue weighted by Gasteiger charge is 2.26. The van der Waals surface area contributed by atoms with E-state index in [-0.39, 0.29) is 11.9 Å². The lowest BCUT2D eigenvalue weighted by Gasteiger charge is -2.37. The topological polar surface area (TPSA) is 80.1 Å². The van der Waals surface area contributed by atoms with E-state index < -0.39 is 0 Å². The first kappa shape index (κ1) is 20.2. The van der Waals surface area contributed by atoms with Gasteiger partial charge in [-0.05, 0) is 32.0 Å². The van der Waals surface area contributed by atoms with Crippen LogP contribution in [0.2, 0.25) is 0 Å². The summed E-state index contributed by atoms with van der Waals surface area (Å²) in [4.78, 5) is 17.0. The Balaban J connectivity index is 1.53. The summed E-state index contributed by atoms with van der Waals surface area (Å²) in [6.07, 6.45) is 0. The third kappa shape index (κ3) is 4.82. The zero-order valence-electron chi connectivity index (χ0n) is 16.9. The number of methoxy groups -OCH3 is 2. The van der Waals surface area contributed by atoms with Crippen LogP contribution in [-0.4, -0.2) is 67.3 Å². The van der Waals surface area contributed by atoms with Crippen LogP contribution in [0.15, 0.2) is 28.8 Å². The predicted molar refractivity (Wildman–Crippen MR) is 106 cm³/mol. The van der Waals surface area contributed by atoms with Crippen molar-refractivity contribution in [1.29, 1.82) is 0 Å². The van der Waals surface area contributed by atoms with Gasteiger partial charge in [-0.3, -0.25) is 14.6 Å². The Labute approximate surface area is 165 Å². The molecular formula is C20H28N4O4. The molecule has 1 N–H and O–H groups in total. The van der Waals surface area contributed by atoms with Crippen LogP contribution in [0.3, 0.4) is 0 Å². The molecule has 1 amide bonds. The van der Waals surface area contributed by atoms with Crippen molar-refractivity contribution in [2.24, 2.45) is 0 Å². The zero-order chi connectivity index (χ0) is 20.1. The minimum absolute atomic E-state index is 0.0729. The Kier molecular flexibility index (Phi) is 6.53. The van der Waals surface area contributed by atoms with Gasteiger partial charge in [0.15, 0.2) is 5.82 Å². The van der Waals surface area contributed by atoms with Gasteiger partial charge in [-0.25, -0.2) is 0 Å². The number of anilines is 1. The van der Waals surface area contributed by atoms with E-state index in [0.717, 1.165) is 49.8 Å². The Bertz CT molecular complexity index is 799. The van der Waals surface area contributed by atoms with E-state index in [4.69, 9.17) is 14.0 Å². The summed E-state index contributed by atoms with van der Waals surface area (Å²) >= 11 is 0. The van der Waals surface area contributed by atoms with Crippen LogP contribution in [0, 0.1) is 6.92 Å². The maximum atomic E-state index is 12.5. The molecule has 1 aliphatic heterocycles. The first-order valence-electron chi connectivity index (χ1n) is 9.41. The smallest absolute Gasteiger partial charge is 0.242 e. The lowest BCUT2D eigenvalue weighted by Crippen LogP contribution is -2.52. The summed E-state index contributed by atoms with van der Waals surface area (Å²) in [5.41, 5.74) is 1.10. The molecule has 1 aliphatic rings. The third-order valence-electron chi connectivity index (χ3n) is 5.09. The van der Waals surface area contributed by atoms with Crippen LogP contribution in [0.5, 0.6) is 11.5 Å². The zero-order valence-corrected chi connectivity index (χ0v) is 16.9. The molecule has 0 bridgehead atoms. The number of carbonyl (C=O) groups excluding carboxylic acids is 1. The normalized spacial score (nSPS) is 16.6. The Morgan fingerprint density at radius 2 is 1.96 bits per heavy atom. The highest BCUT2D eigenvalue weighted by Crippen LogP contribution is 2.25. The summed E-state index contributed by atoms with van der Waals surface area (Å²) in [5.74, 6) is 2.74. The molecule has 2 aromatic rings. The highest BCUT2D eigenvalue weighted by molar-refractivity contribution is 5.93. The fraction of sp³-hybridized carbons (Fsp3) is 0.500. The number of piperazine rings is 1. The van der Waals surface area contributed by atoms with E-state index in [1.54, 1.807) is 27.2 Å². The Hall–Kier alpha value is -2.58. The van der Waals surface area contributed by atoms with Crippen molar-refractivity contribution in [2.45, 2.75) is 26.4 Å². The van der Waals surface area contributed by atoms with Gasteiger partial charge in [0.2, 0.25) is 5.91 Å². The van der Waals surface area contributed by atoms with E-state index in [1.165, 1.54) is 0 Å². The first-order chi connectivity index (χ1) is 13.5. The monoisotopic (exact) mass is 388 g/mol. The molecule has 1 fully saturated rings. The molecule has 1 saturated heterocycles. The van der Waals surface area contributed by atoms with Crippen molar-refractivity contribution < 1.29 is 18.8 Å². The first-order valence-corrected chi connectivity index (χ1v) is 9.41. The molecule has 28 heavy (non-hydrogen) atoms. The number of aromatic nitrogens is 1. The van der Waals surface area contributed by atoms with E-state index in [2.05, 4.69) is 20.3 Å². The van der Waals surface area contributed by atoms with Crippen LogP contribution < -0.4 is 14.8 Å². The number of ether oxygens (including phenoxy) is 2. The number of benzene rings is 1. The summed E-state index contributed by atoms with van der Waals surface area (Å²) in [7, 11) is 3.34. The minimum atomic E-state index is -0.231. The van der Waals surface area contributed by atoms with Gasteiger partial charge in [0.05, 0.1) is 20.3 Å². The van der Waals surface area contributed by atoms with E-state index in [0.29, 0.717) is 11.6 Å². The molecule has 1 unspecified atom stereocenters. The minimum Gasteiger partial charge on any atom is -0.497 e. The largest absolute Gasteiger partial charge is 0.497 e. The number of nitrogens with one attached hydrogen (secondary N) is 1. The number of rotatable bonds is 7. The molecule has 1 aromatic carbocycles. The maximum Gasteiger partial charge on any atom is 0.242 e. The van der Waals surface area contributed by atoms with Gasteiger partial charge in [-0.15, -0.1) is 0 Å². The van der Waals surface area contributed by atoms with Gasteiger partial charge < -0.3 is 19.3 Å². The highest BCUT2D eigenvalue weighted by atomic mass is 16.5.